The van der Waals surface area contributed by atoms with Crippen molar-refractivity contribution < 1.29 is 28.5 Å². The van der Waals surface area contributed by atoms with Gasteiger partial charge in [0.05, 0.1) is 73.0 Å². The zero-order chi connectivity index (χ0) is 30.8. The molecule has 0 radical (unpaired) electrons. The minimum Gasteiger partial charge on any atom is -0.466 e. The van der Waals surface area contributed by atoms with Crippen molar-refractivity contribution in [2.45, 2.75) is 26.3 Å². The molecule has 4 rings (SSSR count). The van der Waals surface area contributed by atoms with Gasteiger partial charge in [0.1, 0.15) is 0 Å². The Kier molecular flexibility index (Phi) is 12.0. The van der Waals surface area contributed by atoms with Gasteiger partial charge < -0.3 is 29.6 Å². The number of esters is 2. The van der Waals surface area contributed by atoms with Crippen molar-refractivity contribution in [2.75, 3.05) is 46.7 Å². The van der Waals surface area contributed by atoms with Crippen LogP contribution in [-0.2, 0) is 35.1 Å². The highest BCUT2D eigenvalue weighted by Gasteiger charge is 2.40. The third-order valence-corrected chi connectivity index (χ3v) is 7.91. The summed E-state index contributed by atoms with van der Waals surface area (Å²) in [7, 11) is 1.28. The maximum absolute atomic E-state index is 13.3. The Bertz CT molecular complexity index is 1520. The number of fused-ring (bicyclic) bond motifs is 1. The van der Waals surface area contributed by atoms with Gasteiger partial charge in [-0.15, -0.1) is 0 Å². The minimum atomic E-state index is -0.874. The van der Waals surface area contributed by atoms with Gasteiger partial charge in [-0.1, -0.05) is 77.8 Å². The number of hydrogen-bond acceptors (Lipinski definition) is 8. The highest BCUT2D eigenvalue weighted by Crippen LogP contribution is 2.43. The monoisotopic (exact) mass is 626 g/mol. The van der Waals surface area contributed by atoms with Gasteiger partial charge in [-0.3, -0.25) is 0 Å². The lowest BCUT2D eigenvalue weighted by Crippen LogP contribution is -2.35. The molecule has 0 aromatic heterocycles. The predicted octanol–water partition coefficient (Wildman–Crippen LogP) is 5.92. The number of dihydropyridines is 1. The molecular formula is C33H36Cl2N2O6. The molecule has 43 heavy (non-hydrogen) atoms. The highest BCUT2D eigenvalue weighted by molar-refractivity contribution is 6.42. The van der Waals surface area contributed by atoms with E-state index in [1.54, 1.807) is 32.0 Å². The van der Waals surface area contributed by atoms with Crippen LogP contribution in [0.3, 0.4) is 0 Å². The van der Waals surface area contributed by atoms with Gasteiger partial charge in [-0.25, -0.2) is 9.59 Å². The molecule has 8 nitrogen and oxygen atoms in total. The molecule has 1 aliphatic heterocycles. The highest BCUT2D eigenvalue weighted by atomic mass is 35.5. The van der Waals surface area contributed by atoms with Crippen LogP contribution in [0.15, 0.2) is 83.2 Å². The standard InChI is InChI=1S/C33H36Cl2N2O6/c1-4-43-33(39)30-27(37-21(2)28(32(38)40-3)29(30)25-13-8-14-26(34)31(25)35)20-42-18-17-41-16-15-36-19-23-11-7-10-22-9-5-6-12-24(22)23/h5-14,29,36-37H,4,15-20H2,1-3H3. The molecule has 0 saturated heterocycles. The maximum atomic E-state index is 13.3. The number of hydrogen-bond donors (Lipinski definition) is 2. The van der Waals surface area contributed by atoms with Crippen LogP contribution in [0.25, 0.3) is 10.8 Å². The molecule has 0 aliphatic carbocycles. The van der Waals surface area contributed by atoms with Gasteiger partial charge in [-0.05, 0) is 41.8 Å². The number of carbonyl (C=O) groups is 2. The Morgan fingerprint density at radius 1 is 0.907 bits per heavy atom. The first-order chi connectivity index (χ1) is 20.9. The zero-order valence-electron chi connectivity index (χ0n) is 24.5. The molecule has 10 heteroatoms. The number of ether oxygens (including phenoxy) is 4. The van der Waals surface area contributed by atoms with E-state index in [0.29, 0.717) is 48.3 Å². The molecule has 3 aromatic rings. The van der Waals surface area contributed by atoms with Crippen molar-refractivity contribution in [1.82, 2.24) is 10.6 Å². The lowest BCUT2D eigenvalue weighted by molar-refractivity contribution is -0.139. The van der Waals surface area contributed by atoms with Crippen LogP contribution in [0.2, 0.25) is 10.0 Å². The molecule has 0 bridgehead atoms. The van der Waals surface area contributed by atoms with E-state index in [0.717, 1.165) is 6.54 Å². The van der Waals surface area contributed by atoms with Gasteiger partial charge in [0.2, 0.25) is 0 Å². The molecule has 0 spiro atoms. The molecule has 1 unspecified atom stereocenters. The number of nitrogens with one attached hydrogen (secondary N) is 2. The van der Waals surface area contributed by atoms with Gasteiger partial charge >= 0.3 is 11.9 Å². The van der Waals surface area contributed by atoms with Crippen molar-refractivity contribution >= 4 is 45.9 Å². The Morgan fingerprint density at radius 3 is 2.44 bits per heavy atom. The fourth-order valence-electron chi connectivity index (χ4n) is 5.10. The third-order valence-electron chi connectivity index (χ3n) is 7.07. The molecular weight excluding hydrogens is 591 g/mol. The van der Waals surface area contributed by atoms with Crippen LogP contribution in [-0.4, -0.2) is 58.6 Å². The first-order valence-electron chi connectivity index (χ1n) is 14.1. The van der Waals surface area contributed by atoms with Crippen molar-refractivity contribution in [3.63, 3.8) is 0 Å². The second-order valence-corrected chi connectivity index (χ2v) is 10.6. The van der Waals surface area contributed by atoms with E-state index in [9.17, 15) is 9.59 Å². The zero-order valence-corrected chi connectivity index (χ0v) is 26.0. The Labute approximate surface area is 261 Å². The summed E-state index contributed by atoms with van der Waals surface area (Å²) >= 11 is 12.9. The summed E-state index contributed by atoms with van der Waals surface area (Å²) in [4.78, 5) is 26.2. The van der Waals surface area contributed by atoms with Crippen molar-refractivity contribution in [3.05, 3.63) is 104 Å². The van der Waals surface area contributed by atoms with E-state index in [-0.39, 0.29) is 29.4 Å². The van der Waals surface area contributed by atoms with E-state index in [2.05, 4.69) is 41.0 Å². The Hall–Kier alpha value is -3.40. The molecule has 1 heterocycles. The normalized spacial score (nSPS) is 15.0. The van der Waals surface area contributed by atoms with Gasteiger partial charge in [0.25, 0.3) is 0 Å². The number of allylic oxidation sites excluding steroid dienone is 1. The maximum Gasteiger partial charge on any atom is 0.336 e. The van der Waals surface area contributed by atoms with E-state index < -0.39 is 17.9 Å². The molecule has 1 aliphatic rings. The van der Waals surface area contributed by atoms with Crippen LogP contribution < -0.4 is 10.6 Å². The molecule has 2 N–H and O–H groups in total. The molecule has 3 aromatic carbocycles. The van der Waals surface area contributed by atoms with E-state index in [1.807, 2.05) is 12.1 Å². The van der Waals surface area contributed by atoms with Gasteiger partial charge in [0.15, 0.2) is 0 Å². The van der Waals surface area contributed by atoms with Crippen LogP contribution in [0.1, 0.15) is 30.9 Å². The second kappa shape index (κ2) is 15.9. The topological polar surface area (TPSA) is 95.1 Å². The quantitative estimate of drug-likeness (QED) is 0.168. The lowest BCUT2D eigenvalue weighted by atomic mass is 9.80. The number of rotatable bonds is 14. The smallest absolute Gasteiger partial charge is 0.336 e. The van der Waals surface area contributed by atoms with Crippen LogP contribution in [0.5, 0.6) is 0 Å². The van der Waals surface area contributed by atoms with Crippen molar-refractivity contribution in [2.24, 2.45) is 0 Å². The summed E-state index contributed by atoms with van der Waals surface area (Å²) in [6, 6.07) is 19.7. The average molecular weight is 628 g/mol. The minimum absolute atomic E-state index is 0.0529. The second-order valence-electron chi connectivity index (χ2n) is 9.82. The SMILES string of the molecule is CCOC(=O)C1=C(COCCOCCNCc2cccc3ccccc23)NC(C)=C(C(=O)OC)C1c1cccc(Cl)c1Cl. The summed E-state index contributed by atoms with van der Waals surface area (Å²) < 4.78 is 22.1. The summed E-state index contributed by atoms with van der Waals surface area (Å²) in [5, 5.41) is 9.56. The van der Waals surface area contributed by atoms with E-state index in [1.165, 1.54) is 23.4 Å². The van der Waals surface area contributed by atoms with Crippen LogP contribution >= 0.6 is 23.2 Å². The average Bonchev–Trinajstić information content (AvgIpc) is 3.01. The molecule has 0 fully saturated rings. The number of methoxy groups -OCH3 is 1. The Balaban J connectivity index is 1.37. The first-order valence-corrected chi connectivity index (χ1v) is 14.9. The van der Waals surface area contributed by atoms with Gasteiger partial charge in [0, 0.05) is 18.8 Å². The fourth-order valence-corrected chi connectivity index (χ4v) is 5.52. The van der Waals surface area contributed by atoms with Crippen LogP contribution in [0.4, 0.5) is 0 Å². The van der Waals surface area contributed by atoms with Crippen molar-refractivity contribution in [3.8, 4) is 0 Å². The van der Waals surface area contributed by atoms with Crippen molar-refractivity contribution in [1.29, 1.82) is 0 Å². The molecule has 0 saturated carbocycles. The molecule has 0 amide bonds. The fraction of sp³-hybridized carbons (Fsp3) is 0.333. The Morgan fingerprint density at radius 2 is 1.65 bits per heavy atom. The number of carbonyl (C=O) groups excluding carboxylic acids is 2. The lowest BCUT2D eigenvalue weighted by Gasteiger charge is -2.31. The molecule has 228 valence electrons. The largest absolute Gasteiger partial charge is 0.466 e. The van der Waals surface area contributed by atoms with Crippen LogP contribution in [0, 0.1) is 0 Å². The van der Waals surface area contributed by atoms with E-state index in [4.69, 9.17) is 42.1 Å². The summed E-state index contributed by atoms with van der Waals surface area (Å²) in [6.07, 6.45) is 0. The van der Waals surface area contributed by atoms with Gasteiger partial charge in [-0.2, -0.15) is 0 Å². The summed E-state index contributed by atoms with van der Waals surface area (Å²) in [5.74, 6) is -2.08. The number of halogens is 2. The molecule has 1 atom stereocenters. The van der Waals surface area contributed by atoms with E-state index >= 15 is 0 Å². The number of benzene rings is 3. The first kappa shape index (κ1) is 32.5. The summed E-state index contributed by atoms with van der Waals surface area (Å²) in [5.41, 5.74) is 3.13. The predicted molar refractivity (Wildman–Crippen MR) is 168 cm³/mol. The third kappa shape index (κ3) is 7.96. The summed E-state index contributed by atoms with van der Waals surface area (Å²) in [6.45, 7) is 6.24.